The summed E-state index contributed by atoms with van der Waals surface area (Å²) in [7, 11) is 1.57. The number of aromatic amines is 1. The van der Waals surface area contributed by atoms with Crippen molar-refractivity contribution in [2.75, 3.05) is 13.7 Å². The van der Waals surface area contributed by atoms with Gasteiger partial charge in [-0.05, 0) is 29.7 Å². The van der Waals surface area contributed by atoms with E-state index in [1.807, 2.05) is 12.1 Å². The number of benzene rings is 1. The molecule has 0 radical (unpaired) electrons. The van der Waals surface area contributed by atoms with Gasteiger partial charge in [-0.15, -0.1) is 0 Å². The molecule has 0 spiro atoms. The normalized spacial score (nSPS) is 10.5. The third-order valence-electron chi connectivity index (χ3n) is 3.36. The lowest BCUT2D eigenvalue weighted by molar-refractivity contribution is -0.387. The summed E-state index contributed by atoms with van der Waals surface area (Å²) in [6.07, 6.45) is 1.94. The fourth-order valence-corrected chi connectivity index (χ4v) is 2.30. The summed E-state index contributed by atoms with van der Waals surface area (Å²) in [5.41, 5.74) is 0.547. The zero-order valence-corrected chi connectivity index (χ0v) is 12.0. The molecule has 0 atom stereocenters. The molecule has 0 unspecified atom stereocenters. The molecule has 2 N–H and O–H groups in total. The van der Waals surface area contributed by atoms with Crippen LogP contribution in [-0.2, 0) is 12.8 Å². The fraction of sp³-hybridized carbons (Fsp3) is 0.267. The third kappa shape index (κ3) is 3.32. The molecule has 22 heavy (non-hydrogen) atoms. The molecule has 1 aromatic heterocycles. The molecule has 2 rings (SSSR count). The number of aliphatic hydroxyl groups is 1. The Hall–Kier alpha value is -2.67. The number of nitrogens with one attached hydrogen (secondary N) is 1. The second-order valence-corrected chi connectivity index (χ2v) is 4.73. The van der Waals surface area contributed by atoms with Crippen LogP contribution in [-0.4, -0.2) is 28.7 Å². The molecule has 7 nitrogen and oxygen atoms in total. The first-order valence-corrected chi connectivity index (χ1v) is 6.68. The van der Waals surface area contributed by atoms with Gasteiger partial charge in [-0.2, -0.15) is 0 Å². The van der Waals surface area contributed by atoms with Crippen molar-refractivity contribution in [1.82, 2.24) is 4.98 Å². The van der Waals surface area contributed by atoms with Gasteiger partial charge in [-0.3, -0.25) is 14.9 Å². The van der Waals surface area contributed by atoms with E-state index in [0.717, 1.165) is 5.56 Å². The fourth-order valence-electron chi connectivity index (χ4n) is 2.30. The molecular formula is C15H16N2O5. The first-order chi connectivity index (χ1) is 10.6. The van der Waals surface area contributed by atoms with E-state index in [1.165, 1.54) is 6.20 Å². The molecule has 1 aromatic carbocycles. The molecule has 0 saturated carbocycles. The number of pyridine rings is 1. The van der Waals surface area contributed by atoms with Gasteiger partial charge in [0, 0.05) is 24.8 Å². The van der Waals surface area contributed by atoms with Crippen molar-refractivity contribution in [2.24, 2.45) is 0 Å². The molecule has 0 aliphatic carbocycles. The number of H-pyrrole nitrogens is 1. The van der Waals surface area contributed by atoms with Gasteiger partial charge in [-0.1, -0.05) is 12.1 Å². The van der Waals surface area contributed by atoms with Crippen molar-refractivity contribution < 1.29 is 14.8 Å². The molecule has 0 aliphatic heterocycles. The molecule has 0 amide bonds. The predicted molar refractivity (Wildman–Crippen MR) is 80.3 cm³/mol. The van der Waals surface area contributed by atoms with Crippen LogP contribution in [0.5, 0.6) is 5.75 Å². The van der Waals surface area contributed by atoms with Crippen LogP contribution in [0.25, 0.3) is 0 Å². The largest absolute Gasteiger partial charge is 0.497 e. The quantitative estimate of drug-likeness (QED) is 0.620. The van der Waals surface area contributed by atoms with Gasteiger partial charge in [0.25, 0.3) is 0 Å². The molecule has 116 valence electrons. The van der Waals surface area contributed by atoms with Crippen molar-refractivity contribution >= 4 is 5.69 Å². The summed E-state index contributed by atoms with van der Waals surface area (Å²) in [4.78, 5) is 24.4. The average molecular weight is 304 g/mol. The Morgan fingerprint density at radius 2 is 2.00 bits per heavy atom. The van der Waals surface area contributed by atoms with Crippen LogP contribution in [0.2, 0.25) is 0 Å². The zero-order chi connectivity index (χ0) is 16.1. The highest BCUT2D eigenvalue weighted by Crippen LogP contribution is 2.22. The van der Waals surface area contributed by atoms with Gasteiger partial charge >= 0.3 is 11.2 Å². The summed E-state index contributed by atoms with van der Waals surface area (Å²) in [6.45, 7) is -0.264. The lowest BCUT2D eigenvalue weighted by Gasteiger charge is -2.09. The maximum atomic E-state index is 11.6. The Bertz CT molecular complexity index is 722. The summed E-state index contributed by atoms with van der Waals surface area (Å²) >= 11 is 0. The van der Waals surface area contributed by atoms with Gasteiger partial charge in [-0.25, -0.2) is 0 Å². The highest BCUT2D eigenvalue weighted by Gasteiger charge is 2.22. The Kier molecular flexibility index (Phi) is 4.90. The summed E-state index contributed by atoms with van der Waals surface area (Å²) in [5, 5.41) is 20.2. The standard InChI is InChI=1S/C15H16N2O5/c1-22-12-4-2-10(3-5-12)8-11-9-16-15(19)14(17(20)21)13(11)6-7-18/h2-5,9,18H,6-8H2,1H3,(H,16,19). The molecule has 2 aromatic rings. The first-order valence-electron chi connectivity index (χ1n) is 6.68. The van der Waals surface area contributed by atoms with E-state index in [2.05, 4.69) is 4.98 Å². The number of aliphatic hydroxyl groups excluding tert-OH is 1. The molecule has 0 aliphatic rings. The number of rotatable bonds is 6. The Balaban J connectivity index is 2.43. The maximum Gasteiger partial charge on any atom is 0.337 e. The van der Waals surface area contributed by atoms with E-state index in [0.29, 0.717) is 17.7 Å². The number of ether oxygens (including phenoxy) is 1. The van der Waals surface area contributed by atoms with Crippen molar-refractivity contribution in [3.05, 3.63) is 67.6 Å². The van der Waals surface area contributed by atoms with Crippen molar-refractivity contribution in [3.8, 4) is 5.75 Å². The number of nitro groups is 1. The summed E-state index contributed by atoms with van der Waals surface area (Å²) in [5.74, 6) is 0.715. The van der Waals surface area contributed by atoms with E-state index in [9.17, 15) is 14.9 Å². The second-order valence-electron chi connectivity index (χ2n) is 4.73. The van der Waals surface area contributed by atoms with E-state index in [-0.39, 0.29) is 18.6 Å². The van der Waals surface area contributed by atoms with E-state index >= 15 is 0 Å². The highest BCUT2D eigenvalue weighted by molar-refractivity contribution is 5.45. The highest BCUT2D eigenvalue weighted by atomic mass is 16.6. The number of hydrogen-bond donors (Lipinski definition) is 2. The van der Waals surface area contributed by atoms with Crippen LogP contribution in [0.15, 0.2) is 35.3 Å². The molecule has 0 bridgehead atoms. The van der Waals surface area contributed by atoms with Crippen LogP contribution in [0, 0.1) is 10.1 Å². The van der Waals surface area contributed by atoms with Crippen LogP contribution in [0.1, 0.15) is 16.7 Å². The van der Waals surface area contributed by atoms with Crippen LogP contribution in [0.3, 0.4) is 0 Å². The van der Waals surface area contributed by atoms with Crippen LogP contribution in [0.4, 0.5) is 5.69 Å². The lowest BCUT2D eigenvalue weighted by Crippen LogP contribution is -2.17. The Morgan fingerprint density at radius 3 is 2.55 bits per heavy atom. The van der Waals surface area contributed by atoms with Crippen molar-refractivity contribution in [1.29, 1.82) is 0 Å². The van der Waals surface area contributed by atoms with E-state index in [4.69, 9.17) is 9.84 Å². The van der Waals surface area contributed by atoms with Gasteiger partial charge in [0.05, 0.1) is 12.0 Å². The van der Waals surface area contributed by atoms with Gasteiger partial charge in [0.1, 0.15) is 5.75 Å². The minimum atomic E-state index is -0.757. The third-order valence-corrected chi connectivity index (χ3v) is 3.36. The minimum Gasteiger partial charge on any atom is -0.497 e. The van der Waals surface area contributed by atoms with E-state index < -0.39 is 16.2 Å². The maximum absolute atomic E-state index is 11.6. The Morgan fingerprint density at radius 1 is 1.32 bits per heavy atom. The number of hydrogen-bond acceptors (Lipinski definition) is 5. The first kappa shape index (κ1) is 15.7. The Labute approximate surface area is 126 Å². The van der Waals surface area contributed by atoms with Crippen molar-refractivity contribution in [3.63, 3.8) is 0 Å². The zero-order valence-electron chi connectivity index (χ0n) is 12.0. The topological polar surface area (TPSA) is 105 Å². The molecule has 1 heterocycles. The van der Waals surface area contributed by atoms with Gasteiger partial charge in [0.2, 0.25) is 0 Å². The summed E-state index contributed by atoms with van der Waals surface area (Å²) in [6, 6.07) is 7.28. The SMILES string of the molecule is COc1ccc(Cc2c[nH]c(=O)c([N+](=O)[O-])c2CCO)cc1. The molecule has 7 heteroatoms. The van der Waals surface area contributed by atoms with Gasteiger partial charge < -0.3 is 14.8 Å². The number of nitrogens with zero attached hydrogens (tertiary/aromatic N) is 1. The van der Waals surface area contributed by atoms with Crippen LogP contribution < -0.4 is 10.3 Å². The monoisotopic (exact) mass is 304 g/mol. The second kappa shape index (κ2) is 6.86. The lowest BCUT2D eigenvalue weighted by atomic mass is 9.99. The smallest absolute Gasteiger partial charge is 0.337 e. The number of methoxy groups -OCH3 is 1. The summed E-state index contributed by atoms with van der Waals surface area (Å²) < 4.78 is 5.08. The minimum absolute atomic E-state index is 0.0612. The van der Waals surface area contributed by atoms with Gasteiger partial charge in [0.15, 0.2) is 0 Å². The number of aromatic nitrogens is 1. The molecular weight excluding hydrogens is 288 g/mol. The molecule has 0 fully saturated rings. The van der Waals surface area contributed by atoms with E-state index in [1.54, 1.807) is 19.2 Å². The average Bonchev–Trinajstić information content (AvgIpc) is 2.50. The molecule has 0 saturated heterocycles. The van der Waals surface area contributed by atoms with Crippen molar-refractivity contribution in [2.45, 2.75) is 12.8 Å². The predicted octanol–water partition coefficient (Wildman–Crippen LogP) is 1.42. The van der Waals surface area contributed by atoms with Crippen LogP contribution >= 0.6 is 0 Å².